The Hall–Kier alpha value is -3.35. The second kappa shape index (κ2) is 7.48. The number of H-pyrrole nitrogens is 1. The van der Waals surface area contributed by atoms with E-state index >= 15 is 0 Å². The highest BCUT2D eigenvalue weighted by Gasteiger charge is 2.10. The Morgan fingerprint density at radius 2 is 2.08 bits per heavy atom. The summed E-state index contributed by atoms with van der Waals surface area (Å²) >= 11 is 0. The van der Waals surface area contributed by atoms with Crippen molar-refractivity contribution in [3.63, 3.8) is 0 Å². The van der Waals surface area contributed by atoms with Crippen LogP contribution in [0.2, 0.25) is 0 Å². The third kappa shape index (κ3) is 4.14. The minimum atomic E-state index is -0.534. The Balaban J connectivity index is 1.55. The first kappa shape index (κ1) is 16.5. The van der Waals surface area contributed by atoms with Crippen LogP contribution in [0.5, 0.6) is 11.5 Å². The number of aromatic hydroxyl groups is 1. The van der Waals surface area contributed by atoms with Crippen molar-refractivity contribution in [2.75, 3.05) is 11.9 Å². The number of nitrogens with one attached hydrogen (secondary N) is 2. The average Bonchev–Trinajstić information content (AvgIpc) is 3.13. The standard InChI is InChI=1S/C18H16FN3O3/c19-14-9-12(13-10-20-21-11-13)5-6-15(14)22-18(24)7-8-25-17-4-2-1-3-16(17)23/h1-6,9-11,23H,7-8H2,(H,20,21)(H,22,24). The highest BCUT2D eigenvalue weighted by atomic mass is 19.1. The highest BCUT2D eigenvalue weighted by molar-refractivity contribution is 5.91. The van der Waals surface area contributed by atoms with Gasteiger partial charge in [0.2, 0.25) is 5.91 Å². The number of phenols is 1. The first-order chi connectivity index (χ1) is 12.1. The van der Waals surface area contributed by atoms with Crippen LogP contribution >= 0.6 is 0 Å². The van der Waals surface area contributed by atoms with Gasteiger partial charge in [-0.15, -0.1) is 0 Å². The monoisotopic (exact) mass is 341 g/mol. The first-order valence-electron chi connectivity index (χ1n) is 7.63. The number of amides is 1. The lowest BCUT2D eigenvalue weighted by Gasteiger charge is -2.09. The highest BCUT2D eigenvalue weighted by Crippen LogP contribution is 2.25. The zero-order valence-corrected chi connectivity index (χ0v) is 13.2. The molecule has 0 saturated heterocycles. The van der Waals surface area contributed by atoms with Gasteiger partial charge in [0.1, 0.15) is 5.82 Å². The molecule has 7 heteroatoms. The van der Waals surface area contributed by atoms with E-state index in [1.807, 2.05) is 0 Å². The quantitative estimate of drug-likeness (QED) is 0.642. The van der Waals surface area contributed by atoms with E-state index in [0.717, 1.165) is 5.56 Å². The summed E-state index contributed by atoms with van der Waals surface area (Å²) in [5.41, 5.74) is 1.51. The molecule has 0 bridgehead atoms. The van der Waals surface area contributed by atoms with Crippen molar-refractivity contribution in [2.45, 2.75) is 6.42 Å². The number of rotatable bonds is 6. The molecule has 25 heavy (non-hydrogen) atoms. The number of benzene rings is 2. The molecule has 0 aliphatic carbocycles. The van der Waals surface area contributed by atoms with Crippen molar-refractivity contribution in [2.24, 2.45) is 0 Å². The Morgan fingerprint density at radius 3 is 2.80 bits per heavy atom. The van der Waals surface area contributed by atoms with Crippen molar-refractivity contribution < 1.29 is 19.0 Å². The summed E-state index contributed by atoms with van der Waals surface area (Å²) in [6.07, 6.45) is 3.27. The van der Waals surface area contributed by atoms with Gasteiger partial charge in [0, 0.05) is 11.8 Å². The Kier molecular flexibility index (Phi) is 4.94. The lowest BCUT2D eigenvalue weighted by Crippen LogP contribution is -2.16. The number of hydrogen-bond donors (Lipinski definition) is 3. The lowest BCUT2D eigenvalue weighted by atomic mass is 10.1. The molecule has 0 saturated carbocycles. The van der Waals surface area contributed by atoms with Gasteiger partial charge in [-0.2, -0.15) is 5.10 Å². The molecule has 0 unspecified atom stereocenters. The number of aromatic nitrogens is 2. The van der Waals surface area contributed by atoms with E-state index in [4.69, 9.17) is 4.74 Å². The number of anilines is 1. The molecule has 1 aromatic heterocycles. The Morgan fingerprint density at radius 1 is 1.24 bits per heavy atom. The maximum atomic E-state index is 14.1. The van der Waals surface area contributed by atoms with E-state index in [2.05, 4.69) is 15.5 Å². The van der Waals surface area contributed by atoms with E-state index in [9.17, 15) is 14.3 Å². The Labute approximate surface area is 143 Å². The van der Waals surface area contributed by atoms with Crippen LogP contribution in [0.1, 0.15) is 6.42 Å². The molecule has 0 radical (unpaired) electrons. The van der Waals surface area contributed by atoms with Gasteiger partial charge in [-0.25, -0.2) is 4.39 Å². The predicted octanol–water partition coefficient (Wildman–Crippen LogP) is 3.33. The molecule has 0 atom stereocenters. The largest absolute Gasteiger partial charge is 0.504 e. The molecule has 6 nitrogen and oxygen atoms in total. The number of ether oxygens (including phenoxy) is 1. The van der Waals surface area contributed by atoms with Crippen molar-refractivity contribution in [1.82, 2.24) is 10.2 Å². The van der Waals surface area contributed by atoms with Gasteiger partial charge in [-0.05, 0) is 29.8 Å². The van der Waals surface area contributed by atoms with Gasteiger partial charge in [-0.3, -0.25) is 9.89 Å². The molecule has 2 aromatic carbocycles. The number of phenolic OH excluding ortho intramolecular Hbond substituents is 1. The summed E-state index contributed by atoms with van der Waals surface area (Å²) < 4.78 is 19.5. The van der Waals surface area contributed by atoms with Crippen LogP contribution in [0.15, 0.2) is 54.9 Å². The number of para-hydroxylation sites is 2. The molecule has 3 N–H and O–H groups in total. The summed E-state index contributed by atoms with van der Waals surface area (Å²) in [6.45, 7) is 0.0676. The molecule has 1 amide bonds. The topological polar surface area (TPSA) is 87.2 Å². The predicted molar refractivity (Wildman–Crippen MR) is 90.8 cm³/mol. The van der Waals surface area contributed by atoms with Gasteiger partial charge in [-0.1, -0.05) is 18.2 Å². The molecular formula is C18H16FN3O3. The van der Waals surface area contributed by atoms with E-state index in [1.165, 1.54) is 18.2 Å². The summed E-state index contributed by atoms with van der Waals surface area (Å²) in [7, 11) is 0. The molecule has 0 spiro atoms. The SMILES string of the molecule is O=C(CCOc1ccccc1O)Nc1ccc(-c2cn[nH]c2)cc1F. The molecule has 0 aliphatic rings. The zero-order chi connectivity index (χ0) is 17.6. The molecule has 3 rings (SSSR count). The minimum Gasteiger partial charge on any atom is -0.504 e. The Bertz CT molecular complexity index is 866. The number of nitrogens with zero attached hydrogens (tertiary/aromatic N) is 1. The third-order valence-corrected chi connectivity index (χ3v) is 3.53. The van der Waals surface area contributed by atoms with E-state index in [0.29, 0.717) is 11.3 Å². The van der Waals surface area contributed by atoms with E-state index < -0.39 is 5.82 Å². The second-order valence-electron chi connectivity index (χ2n) is 5.30. The number of hydrogen-bond acceptors (Lipinski definition) is 4. The third-order valence-electron chi connectivity index (χ3n) is 3.53. The van der Waals surface area contributed by atoms with Crippen LogP contribution in [0, 0.1) is 5.82 Å². The number of aromatic amines is 1. The molecular weight excluding hydrogens is 325 g/mol. The molecule has 0 fully saturated rings. The van der Waals surface area contributed by atoms with Gasteiger partial charge in [0.05, 0.1) is 24.9 Å². The number of halogens is 1. The van der Waals surface area contributed by atoms with Gasteiger partial charge >= 0.3 is 0 Å². The van der Waals surface area contributed by atoms with Crippen LogP contribution in [0.4, 0.5) is 10.1 Å². The van der Waals surface area contributed by atoms with E-state index in [1.54, 1.807) is 36.7 Å². The van der Waals surface area contributed by atoms with Crippen LogP contribution in [0.25, 0.3) is 11.1 Å². The average molecular weight is 341 g/mol. The first-order valence-corrected chi connectivity index (χ1v) is 7.63. The smallest absolute Gasteiger partial charge is 0.227 e. The summed E-state index contributed by atoms with van der Waals surface area (Å²) in [5.74, 6) is -0.617. The number of carbonyl (C=O) groups excluding carboxylic acids is 1. The minimum absolute atomic E-state index is 0.00351. The second-order valence-corrected chi connectivity index (χ2v) is 5.30. The van der Waals surface area contributed by atoms with Gasteiger partial charge in [0.25, 0.3) is 0 Å². The van der Waals surface area contributed by atoms with Gasteiger partial charge < -0.3 is 15.2 Å². The fourth-order valence-electron chi connectivity index (χ4n) is 2.25. The maximum absolute atomic E-state index is 14.1. The van der Waals surface area contributed by atoms with Gasteiger partial charge in [0.15, 0.2) is 11.5 Å². The molecule has 1 heterocycles. The van der Waals surface area contributed by atoms with Crippen LogP contribution in [0.3, 0.4) is 0 Å². The van der Waals surface area contributed by atoms with Crippen molar-refractivity contribution >= 4 is 11.6 Å². The van der Waals surface area contributed by atoms with Crippen molar-refractivity contribution in [3.8, 4) is 22.6 Å². The van der Waals surface area contributed by atoms with Crippen LogP contribution in [-0.2, 0) is 4.79 Å². The summed E-state index contributed by atoms with van der Waals surface area (Å²) in [5, 5.41) is 18.5. The summed E-state index contributed by atoms with van der Waals surface area (Å²) in [4.78, 5) is 11.9. The van der Waals surface area contributed by atoms with Crippen molar-refractivity contribution in [3.05, 3.63) is 60.7 Å². The molecule has 0 aliphatic heterocycles. The fraction of sp³-hybridized carbons (Fsp3) is 0.111. The maximum Gasteiger partial charge on any atom is 0.227 e. The van der Waals surface area contributed by atoms with Crippen LogP contribution in [-0.4, -0.2) is 27.8 Å². The molecule has 3 aromatic rings. The van der Waals surface area contributed by atoms with Crippen LogP contribution < -0.4 is 10.1 Å². The normalized spacial score (nSPS) is 10.4. The molecule has 128 valence electrons. The summed E-state index contributed by atoms with van der Waals surface area (Å²) in [6, 6.07) is 11.0. The lowest BCUT2D eigenvalue weighted by molar-refractivity contribution is -0.116. The zero-order valence-electron chi connectivity index (χ0n) is 13.2. The fourth-order valence-corrected chi connectivity index (χ4v) is 2.25. The number of carbonyl (C=O) groups is 1. The van der Waals surface area contributed by atoms with E-state index in [-0.39, 0.29) is 30.4 Å². The van der Waals surface area contributed by atoms with Crippen molar-refractivity contribution in [1.29, 1.82) is 0 Å².